The second-order valence-corrected chi connectivity index (χ2v) is 9.72. The molecule has 0 heterocycles. The molecule has 4 aliphatic rings. The molecule has 3 saturated carbocycles. The number of Topliss-reactive ketones (excluding diaryl/α,β-unsaturated/α-hetero) is 1. The van der Waals surface area contributed by atoms with Crippen molar-refractivity contribution in [3.05, 3.63) is 23.8 Å². The first-order valence-corrected chi connectivity index (χ1v) is 10.1. The average molecular weight is 630 g/mol. The molecule has 0 unspecified atom stereocenters. The van der Waals surface area contributed by atoms with E-state index in [2.05, 4.69) is 13.8 Å². The quantitative estimate of drug-likeness (QED) is 0.409. The number of hydrogen-bond donors (Lipinski definition) is 3. The molecule has 0 aromatic heterocycles. The Morgan fingerprint density at radius 2 is 1.93 bits per heavy atom. The molecule has 29 heavy (non-hydrogen) atoms. The molecular weight excluding hydrogens is 598 g/mol. The van der Waals surface area contributed by atoms with Gasteiger partial charge in [-0.2, -0.15) is 0 Å². The van der Waals surface area contributed by atoms with Crippen molar-refractivity contribution in [1.82, 2.24) is 0 Å². The zero-order valence-corrected chi connectivity index (χ0v) is 21.8. The van der Waals surface area contributed by atoms with E-state index in [0.29, 0.717) is 12.8 Å². The summed E-state index contributed by atoms with van der Waals surface area (Å²) in [5, 5.41) is 31.9. The molecular formula is C22H32I2O5. The van der Waals surface area contributed by atoms with Crippen molar-refractivity contribution in [3.63, 3.8) is 0 Å². The standard InChI is InChI=1S/C22H30O5.2HI/c1-12-8-14-15-5-7-22(27,18(26)11-23)21(15,3)10-17(25)19(14)20(2)6-4-13(24)9-16(12)20;;/h4,6,9,12,14-15,17,19,23,25,27H,5,7-8,10-11H2,1-3H3;2*1H/t12-,14-,15-,17-,19+,20-,21-,22-;;/m0../s1. The van der Waals surface area contributed by atoms with Gasteiger partial charge in [0.25, 0.3) is 0 Å². The van der Waals surface area contributed by atoms with Crippen molar-refractivity contribution < 1.29 is 24.9 Å². The van der Waals surface area contributed by atoms with Crippen LogP contribution >= 0.6 is 48.0 Å². The van der Waals surface area contributed by atoms with Crippen LogP contribution in [0.2, 0.25) is 0 Å². The number of allylic oxidation sites excluding steroid dienone is 4. The lowest BCUT2D eigenvalue weighted by Crippen LogP contribution is -2.62. The van der Waals surface area contributed by atoms with E-state index < -0.39 is 29.5 Å². The predicted molar refractivity (Wildman–Crippen MR) is 130 cm³/mol. The minimum Gasteiger partial charge on any atom is -0.393 e. The highest BCUT2D eigenvalue weighted by Crippen LogP contribution is 2.67. The molecule has 0 aromatic rings. The van der Waals surface area contributed by atoms with Gasteiger partial charge in [-0.3, -0.25) is 9.59 Å². The lowest BCUT2D eigenvalue weighted by Gasteiger charge is -2.60. The van der Waals surface area contributed by atoms with Gasteiger partial charge in [0.15, 0.2) is 11.6 Å². The average Bonchev–Trinajstić information content (AvgIpc) is 2.87. The summed E-state index contributed by atoms with van der Waals surface area (Å²) in [6, 6.07) is 0. The molecule has 0 radical (unpaired) electrons. The van der Waals surface area contributed by atoms with Crippen LogP contribution in [0.4, 0.5) is 0 Å². The van der Waals surface area contributed by atoms with Crippen molar-refractivity contribution in [3.8, 4) is 0 Å². The fourth-order valence-electron chi connectivity index (χ4n) is 7.34. The van der Waals surface area contributed by atoms with Crippen LogP contribution in [-0.2, 0) is 9.59 Å². The van der Waals surface area contributed by atoms with Gasteiger partial charge in [-0.1, -0.05) is 32.4 Å². The number of ketones is 2. The molecule has 0 aliphatic heterocycles. The van der Waals surface area contributed by atoms with Gasteiger partial charge in [0.2, 0.25) is 0 Å². The lowest BCUT2D eigenvalue weighted by atomic mass is 9.45. The van der Waals surface area contributed by atoms with Crippen LogP contribution in [0.3, 0.4) is 0 Å². The SMILES string of the molecule is C[C@H]1C[C@@H]2[C@H]([C@@H](O)C[C@@]3(C)[C@H]2CC[C@]3(O)C(=O)CO)[C@@]2(C)C=CC(=O)C=C12.I.I. The van der Waals surface area contributed by atoms with Gasteiger partial charge in [0, 0.05) is 16.7 Å². The highest BCUT2D eigenvalue weighted by molar-refractivity contribution is 14.0. The third kappa shape index (κ3) is 3.32. The van der Waals surface area contributed by atoms with Gasteiger partial charge < -0.3 is 15.3 Å². The molecule has 8 atom stereocenters. The van der Waals surface area contributed by atoms with Gasteiger partial charge >= 0.3 is 0 Å². The Hall–Kier alpha value is 0.160. The van der Waals surface area contributed by atoms with Gasteiger partial charge in [-0.05, 0) is 55.6 Å². The number of aliphatic hydroxyl groups excluding tert-OH is 2. The summed E-state index contributed by atoms with van der Waals surface area (Å²) in [6.07, 6.45) is 6.87. The molecule has 5 nitrogen and oxygen atoms in total. The second kappa shape index (κ2) is 8.26. The second-order valence-electron chi connectivity index (χ2n) is 9.72. The van der Waals surface area contributed by atoms with E-state index in [1.807, 2.05) is 13.0 Å². The Bertz CT molecular complexity index is 764. The summed E-state index contributed by atoms with van der Waals surface area (Å²) in [5.41, 5.74) is -1.59. The highest BCUT2D eigenvalue weighted by atomic mass is 127. The molecule has 4 aliphatic carbocycles. The van der Waals surface area contributed by atoms with Crippen molar-refractivity contribution >= 4 is 59.5 Å². The molecule has 0 spiro atoms. The molecule has 0 aromatic carbocycles. The lowest BCUT2D eigenvalue weighted by molar-refractivity contribution is -0.180. The van der Waals surface area contributed by atoms with Crippen LogP contribution in [0, 0.1) is 34.5 Å². The zero-order chi connectivity index (χ0) is 19.8. The minimum absolute atomic E-state index is 0. The number of carbonyl (C=O) groups excluding carboxylic acids is 2. The van der Waals surface area contributed by atoms with Gasteiger partial charge in [-0.15, -0.1) is 48.0 Å². The first-order valence-electron chi connectivity index (χ1n) is 10.1. The molecule has 4 rings (SSSR count). The number of aliphatic hydroxyl groups is 3. The van der Waals surface area contributed by atoms with Gasteiger partial charge in [0.1, 0.15) is 12.2 Å². The Labute approximate surface area is 206 Å². The number of halogens is 2. The van der Waals surface area contributed by atoms with Crippen LogP contribution in [-0.4, -0.2) is 45.2 Å². The van der Waals surface area contributed by atoms with Crippen molar-refractivity contribution in [2.24, 2.45) is 34.5 Å². The predicted octanol–water partition coefficient (Wildman–Crippen LogP) is 3.04. The minimum atomic E-state index is -1.57. The van der Waals surface area contributed by atoms with E-state index in [0.717, 1.165) is 18.4 Å². The largest absolute Gasteiger partial charge is 0.393 e. The van der Waals surface area contributed by atoms with E-state index in [9.17, 15) is 24.9 Å². The van der Waals surface area contributed by atoms with Gasteiger partial charge in [-0.25, -0.2) is 0 Å². The molecule has 3 N–H and O–H groups in total. The number of carbonyl (C=O) groups is 2. The summed E-state index contributed by atoms with van der Waals surface area (Å²) in [6.45, 7) is 5.48. The molecule has 7 heteroatoms. The molecule has 0 amide bonds. The first-order chi connectivity index (χ1) is 12.6. The van der Waals surface area contributed by atoms with E-state index in [1.54, 1.807) is 12.2 Å². The van der Waals surface area contributed by atoms with Crippen molar-refractivity contribution in [1.29, 1.82) is 0 Å². The summed E-state index contributed by atoms with van der Waals surface area (Å²) in [4.78, 5) is 24.4. The summed E-state index contributed by atoms with van der Waals surface area (Å²) in [7, 11) is 0. The molecule has 3 fully saturated rings. The molecule has 0 saturated heterocycles. The Morgan fingerprint density at radius 3 is 2.55 bits per heavy atom. The number of fused-ring (bicyclic) bond motifs is 5. The Balaban J connectivity index is 0.00000150. The zero-order valence-electron chi connectivity index (χ0n) is 17.1. The molecule has 164 valence electrons. The van der Waals surface area contributed by atoms with E-state index in [4.69, 9.17) is 0 Å². The maximum Gasteiger partial charge on any atom is 0.190 e. The summed E-state index contributed by atoms with van der Waals surface area (Å²) < 4.78 is 0. The molecule has 0 bridgehead atoms. The summed E-state index contributed by atoms with van der Waals surface area (Å²) in [5.74, 6) is -0.0768. The number of hydrogen-bond acceptors (Lipinski definition) is 5. The Kier molecular flexibility index (Phi) is 7.24. The highest BCUT2D eigenvalue weighted by Gasteiger charge is 2.68. The van der Waals surface area contributed by atoms with Crippen LogP contribution in [0.5, 0.6) is 0 Å². The maximum atomic E-state index is 12.4. The fourth-order valence-corrected chi connectivity index (χ4v) is 7.34. The van der Waals surface area contributed by atoms with Gasteiger partial charge in [0.05, 0.1) is 6.10 Å². The van der Waals surface area contributed by atoms with E-state index in [1.165, 1.54) is 0 Å². The smallest absolute Gasteiger partial charge is 0.190 e. The third-order valence-electron chi connectivity index (χ3n) is 8.57. The number of rotatable bonds is 2. The van der Waals surface area contributed by atoms with Crippen LogP contribution < -0.4 is 0 Å². The van der Waals surface area contributed by atoms with E-state index in [-0.39, 0.29) is 82.8 Å². The van der Waals surface area contributed by atoms with E-state index >= 15 is 0 Å². The normalized spacial score (nSPS) is 47.7. The van der Waals surface area contributed by atoms with Crippen LogP contribution in [0.25, 0.3) is 0 Å². The third-order valence-corrected chi connectivity index (χ3v) is 8.57. The van der Waals surface area contributed by atoms with Crippen LogP contribution in [0.15, 0.2) is 23.8 Å². The Morgan fingerprint density at radius 1 is 1.28 bits per heavy atom. The maximum absolute atomic E-state index is 12.4. The van der Waals surface area contributed by atoms with Crippen molar-refractivity contribution in [2.75, 3.05) is 6.61 Å². The first kappa shape index (κ1) is 25.4. The topological polar surface area (TPSA) is 94.8 Å². The van der Waals surface area contributed by atoms with Crippen LogP contribution in [0.1, 0.15) is 46.5 Å². The summed E-state index contributed by atoms with van der Waals surface area (Å²) >= 11 is 0. The fraction of sp³-hybridized carbons (Fsp3) is 0.727. The van der Waals surface area contributed by atoms with Crippen molar-refractivity contribution in [2.45, 2.75) is 58.2 Å². The monoisotopic (exact) mass is 630 g/mol.